The third-order valence-electron chi connectivity index (χ3n) is 0.339. The summed E-state index contributed by atoms with van der Waals surface area (Å²) in [6, 6.07) is 0. The van der Waals surface area contributed by atoms with Crippen molar-refractivity contribution in [2.45, 2.75) is 0 Å². The van der Waals surface area contributed by atoms with E-state index in [-0.39, 0.29) is 0 Å². The molecule has 3 nitrogen and oxygen atoms in total. The Balaban J connectivity index is 2.92. The van der Waals surface area contributed by atoms with Crippen LogP contribution >= 0.6 is 0 Å². The molecule has 0 aromatic carbocycles. The maximum absolute atomic E-state index is 4.48. The monoisotopic (exact) mass is 100 g/mol. The van der Waals surface area contributed by atoms with Crippen LogP contribution < -0.4 is 5.43 Å². The summed E-state index contributed by atoms with van der Waals surface area (Å²) in [6.07, 6.45) is 2.55. The molecule has 0 spiro atoms. The zero-order valence-electron chi connectivity index (χ0n) is 4.22. The van der Waals surface area contributed by atoms with E-state index in [9.17, 15) is 0 Å². The SMILES string of the molecule is C=CO/C=N\NC. The Bertz CT molecular complexity index is 70.1. The topological polar surface area (TPSA) is 33.6 Å². The van der Waals surface area contributed by atoms with Gasteiger partial charge < -0.3 is 10.2 Å². The van der Waals surface area contributed by atoms with Crippen molar-refractivity contribution >= 4 is 6.40 Å². The number of ether oxygens (including phenoxy) is 1. The third-order valence-corrected chi connectivity index (χ3v) is 0.339. The van der Waals surface area contributed by atoms with Gasteiger partial charge >= 0.3 is 0 Å². The van der Waals surface area contributed by atoms with Crippen molar-refractivity contribution in [3.8, 4) is 0 Å². The van der Waals surface area contributed by atoms with Gasteiger partial charge in [0.05, 0.1) is 6.26 Å². The molecule has 1 N–H and O–H groups in total. The molecule has 0 saturated heterocycles. The summed E-state index contributed by atoms with van der Waals surface area (Å²) in [5.41, 5.74) is 2.50. The lowest BCUT2D eigenvalue weighted by molar-refractivity contribution is 0.490. The average Bonchev–Trinajstić information content (AvgIpc) is 1.69. The van der Waals surface area contributed by atoms with E-state index >= 15 is 0 Å². The quantitative estimate of drug-likeness (QED) is 0.239. The highest BCUT2D eigenvalue weighted by molar-refractivity contribution is 5.46. The molecule has 0 unspecified atom stereocenters. The standard InChI is InChI=1S/C4H8N2O/c1-3-7-4-6-5-2/h3-5H,1H2,2H3/b6-4-. The number of hydrogen-bond acceptors (Lipinski definition) is 3. The summed E-state index contributed by atoms with van der Waals surface area (Å²) in [7, 11) is 1.68. The second-order valence-electron chi connectivity index (χ2n) is 0.761. The molecular weight excluding hydrogens is 92.1 g/mol. The summed E-state index contributed by atoms with van der Waals surface area (Å²) < 4.78 is 4.48. The first-order valence-corrected chi connectivity index (χ1v) is 1.86. The van der Waals surface area contributed by atoms with Crippen LogP contribution in [0.5, 0.6) is 0 Å². The first-order chi connectivity index (χ1) is 3.41. The molecular formula is C4H8N2O. The van der Waals surface area contributed by atoms with Crippen LogP contribution in [-0.4, -0.2) is 13.4 Å². The normalized spacial score (nSPS) is 8.71. The molecule has 0 aliphatic carbocycles. The minimum absolute atomic E-state index is 1.26. The largest absolute Gasteiger partial charge is 0.452 e. The molecule has 0 aromatic heterocycles. The van der Waals surface area contributed by atoms with E-state index in [4.69, 9.17) is 0 Å². The predicted octanol–water partition coefficient (Wildman–Crippen LogP) is 0.309. The van der Waals surface area contributed by atoms with E-state index < -0.39 is 0 Å². The van der Waals surface area contributed by atoms with Gasteiger partial charge in [-0.25, -0.2) is 0 Å². The second kappa shape index (κ2) is 5.01. The first kappa shape index (κ1) is 6.01. The van der Waals surface area contributed by atoms with E-state index in [2.05, 4.69) is 21.8 Å². The predicted molar refractivity (Wildman–Crippen MR) is 28.8 cm³/mol. The highest BCUT2D eigenvalue weighted by atomic mass is 16.5. The van der Waals surface area contributed by atoms with Crippen LogP contribution in [0.4, 0.5) is 0 Å². The van der Waals surface area contributed by atoms with Crippen molar-refractivity contribution in [3.63, 3.8) is 0 Å². The molecule has 0 aliphatic heterocycles. The molecule has 40 valence electrons. The van der Waals surface area contributed by atoms with Crippen LogP contribution in [0, 0.1) is 0 Å². The average molecular weight is 100 g/mol. The minimum atomic E-state index is 1.26. The molecule has 0 fully saturated rings. The van der Waals surface area contributed by atoms with Gasteiger partial charge in [0.2, 0.25) is 0 Å². The highest BCUT2D eigenvalue weighted by Gasteiger charge is 1.58. The molecule has 0 rings (SSSR count). The van der Waals surface area contributed by atoms with Gasteiger partial charge in [0.1, 0.15) is 0 Å². The van der Waals surface area contributed by atoms with E-state index in [0.717, 1.165) is 0 Å². The molecule has 7 heavy (non-hydrogen) atoms. The molecule has 0 saturated carbocycles. The summed E-state index contributed by atoms with van der Waals surface area (Å²) in [5, 5.41) is 3.49. The second-order valence-corrected chi connectivity index (χ2v) is 0.761. The van der Waals surface area contributed by atoms with Crippen molar-refractivity contribution in [2.24, 2.45) is 5.10 Å². The van der Waals surface area contributed by atoms with Gasteiger partial charge in [0.15, 0.2) is 6.40 Å². The number of rotatable bonds is 3. The van der Waals surface area contributed by atoms with Crippen LogP contribution in [0.1, 0.15) is 0 Å². The minimum Gasteiger partial charge on any atom is -0.452 e. The van der Waals surface area contributed by atoms with E-state index in [1.165, 1.54) is 12.7 Å². The Morgan fingerprint density at radius 2 is 2.57 bits per heavy atom. The van der Waals surface area contributed by atoms with Crippen molar-refractivity contribution < 1.29 is 4.74 Å². The van der Waals surface area contributed by atoms with E-state index in [1.54, 1.807) is 7.05 Å². The number of nitrogens with one attached hydrogen (secondary N) is 1. The molecule has 0 heterocycles. The lowest BCUT2D eigenvalue weighted by Crippen LogP contribution is -1.93. The fourth-order valence-corrected chi connectivity index (χ4v) is 0.126. The van der Waals surface area contributed by atoms with Gasteiger partial charge in [-0.2, -0.15) is 0 Å². The number of hydrogen-bond donors (Lipinski definition) is 1. The van der Waals surface area contributed by atoms with Gasteiger partial charge in [-0.15, -0.1) is 5.10 Å². The van der Waals surface area contributed by atoms with Gasteiger partial charge in [-0.1, -0.05) is 6.58 Å². The van der Waals surface area contributed by atoms with Crippen molar-refractivity contribution in [2.75, 3.05) is 7.05 Å². The Kier molecular flexibility index (Phi) is 4.30. The number of hydrazone groups is 1. The molecule has 0 radical (unpaired) electrons. The van der Waals surface area contributed by atoms with Crippen LogP contribution in [0.2, 0.25) is 0 Å². The van der Waals surface area contributed by atoms with Crippen LogP contribution in [0.3, 0.4) is 0 Å². The maximum atomic E-state index is 4.48. The third kappa shape index (κ3) is 5.01. The van der Waals surface area contributed by atoms with Crippen LogP contribution in [0.15, 0.2) is 17.9 Å². The Morgan fingerprint density at radius 1 is 1.86 bits per heavy atom. The Morgan fingerprint density at radius 3 is 3.00 bits per heavy atom. The Labute approximate surface area is 42.7 Å². The molecule has 0 bridgehead atoms. The van der Waals surface area contributed by atoms with Crippen molar-refractivity contribution in [3.05, 3.63) is 12.8 Å². The molecule has 0 atom stereocenters. The van der Waals surface area contributed by atoms with Crippen molar-refractivity contribution in [1.29, 1.82) is 0 Å². The van der Waals surface area contributed by atoms with Gasteiger partial charge in [0, 0.05) is 7.05 Å². The van der Waals surface area contributed by atoms with Crippen molar-refractivity contribution in [1.82, 2.24) is 5.43 Å². The first-order valence-electron chi connectivity index (χ1n) is 1.86. The fourth-order valence-electron chi connectivity index (χ4n) is 0.126. The Hall–Kier alpha value is -0.990. The molecule has 0 amide bonds. The van der Waals surface area contributed by atoms with E-state index in [1.807, 2.05) is 0 Å². The van der Waals surface area contributed by atoms with Crippen LogP contribution in [-0.2, 0) is 4.74 Å². The van der Waals surface area contributed by atoms with E-state index in [0.29, 0.717) is 0 Å². The van der Waals surface area contributed by atoms with Gasteiger partial charge in [-0.05, 0) is 0 Å². The zero-order chi connectivity index (χ0) is 5.54. The highest BCUT2D eigenvalue weighted by Crippen LogP contribution is 1.61. The van der Waals surface area contributed by atoms with Gasteiger partial charge in [0.25, 0.3) is 0 Å². The fraction of sp³-hybridized carbons (Fsp3) is 0.250. The lowest BCUT2D eigenvalue weighted by Gasteiger charge is -1.84. The molecule has 0 aliphatic rings. The summed E-state index contributed by atoms with van der Waals surface area (Å²) in [6.45, 7) is 3.29. The molecule has 0 aromatic rings. The maximum Gasteiger partial charge on any atom is 0.198 e. The van der Waals surface area contributed by atoms with Gasteiger partial charge in [-0.3, -0.25) is 0 Å². The lowest BCUT2D eigenvalue weighted by atomic mass is 11.1. The summed E-state index contributed by atoms with van der Waals surface area (Å²) >= 11 is 0. The smallest absolute Gasteiger partial charge is 0.198 e. The summed E-state index contributed by atoms with van der Waals surface area (Å²) in [5.74, 6) is 0. The zero-order valence-corrected chi connectivity index (χ0v) is 4.22. The van der Waals surface area contributed by atoms with Crippen LogP contribution in [0.25, 0.3) is 0 Å². The number of nitrogens with zero attached hydrogens (tertiary/aromatic N) is 1. The summed E-state index contributed by atoms with van der Waals surface area (Å²) in [4.78, 5) is 0. The molecule has 3 heteroatoms.